The molecule has 2 aromatic rings. The summed E-state index contributed by atoms with van der Waals surface area (Å²) in [7, 11) is 0. The Morgan fingerprint density at radius 1 is 0.844 bits per heavy atom. The highest BCUT2D eigenvalue weighted by molar-refractivity contribution is 7.78. The maximum absolute atomic E-state index is 4.27. The molecule has 0 atom stereocenters. The van der Waals surface area contributed by atoms with Crippen molar-refractivity contribution in [3.05, 3.63) is 83.9 Å². The molecular weight excluding hydrogens is 404 g/mol. The number of allylic oxidation sites excluding steroid dienone is 1. The first-order chi connectivity index (χ1) is 15.7. The second-order valence-electron chi connectivity index (χ2n) is 9.55. The summed E-state index contributed by atoms with van der Waals surface area (Å²) in [6.07, 6.45) is 15.9. The number of fused-ring (bicyclic) bond motifs is 1. The molecule has 2 aliphatic carbocycles. The third-order valence-corrected chi connectivity index (χ3v) is 6.97. The molecule has 0 N–H and O–H groups in total. The van der Waals surface area contributed by atoms with E-state index in [2.05, 4.69) is 86.4 Å². The standard InChI is InChI=1S/C19H22.C10H18.C2H4S/c1-16(2)10-9-15-19(17-11-5-3-6-12-17)18-13-7-4-8-14-18;1-2-6-10-8-4-3-7-9(10)5-1;1-2-3/h3-8,11-14,19H,1,9-10,15H2,2H3;9-10H,1-8H2;2H,1H3. The summed E-state index contributed by atoms with van der Waals surface area (Å²) in [5, 5.41) is 1.58. The number of hydrogen-bond acceptors (Lipinski definition) is 1. The monoisotopic (exact) mass is 448 g/mol. The van der Waals surface area contributed by atoms with E-state index < -0.39 is 0 Å². The molecule has 0 spiro atoms. The summed E-state index contributed by atoms with van der Waals surface area (Å²) < 4.78 is 0. The number of thiocarbonyl (C=S) groups is 1. The highest BCUT2D eigenvalue weighted by Crippen LogP contribution is 2.40. The molecule has 0 radical (unpaired) electrons. The van der Waals surface area contributed by atoms with Gasteiger partial charge in [-0.3, -0.25) is 0 Å². The van der Waals surface area contributed by atoms with Crippen LogP contribution in [0.2, 0.25) is 0 Å². The Morgan fingerprint density at radius 3 is 1.56 bits per heavy atom. The third kappa shape index (κ3) is 9.82. The van der Waals surface area contributed by atoms with E-state index in [4.69, 9.17) is 0 Å². The van der Waals surface area contributed by atoms with Crippen LogP contribution in [0.25, 0.3) is 0 Å². The lowest BCUT2D eigenvalue weighted by atomic mass is 9.71. The minimum Gasteiger partial charge on any atom is -0.100 e. The van der Waals surface area contributed by atoms with Crippen LogP contribution < -0.4 is 0 Å². The Bertz CT molecular complexity index is 683. The van der Waals surface area contributed by atoms with Crippen LogP contribution in [0.5, 0.6) is 0 Å². The molecular formula is C31H44S. The Labute approximate surface area is 203 Å². The molecule has 2 aliphatic rings. The topological polar surface area (TPSA) is 0 Å². The Morgan fingerprint density at radius 2 is 1.22 bits per heavy atom. The molecule has 0 amide bonds. The molecule has 174 valence electrons. The van der Waals surface area contributed by atoms with E-state index in [0.717, 1.165) is 18.3 Å². The summed E-state index contributed by atoms with van der Waals surface area (Å²) in [5.74, 6) is 2.81. The van der Waals surface area contributed by atoms with Crippen molar-refractivity contribution < 1.29 is 0 Å². The third-order valence-electron chi connectivity index (χ3n) is 6.97. The quantitative estimate of drug-likeness (QED) is 0.313. The molecule has 0 aliphatic heterocycles. The van der Waals surface area contributed by atoms with Crippen LogP contribution in [-0.2, 0) is 0 Å². The minimum absolute atomic E-state index is 0.502. The van der Waals surface area contributed by atoms with Crippen LogP contribution in [0, 0.1) is 11.8 Å². The second kappa shape index (κ2) is 16.0. The van der Waals surface area contributed by atoms with Crippen molar-refractivity contribution in [1.29, 1.82) is 0 Å². The van der Waals surface area contributed by atoms with Crippen LogP contribution in [0.1, 0.15) is 102 Å². The highest BCUT2D eigenvalue weighted by atomic mass is 32.1. The number of rotatable bonds is 6. The molecule has 0 heterocycles. The zero-order chi connectivity index (χ0) is 23.0. The van der Waals surface area contributed by atoms with Crippen LogP contribution in [-0.4, -0.2) is 5.37 Å². The summed E-state index contributed by atoms with van der Waals surface area (Å²) in [6, 6.07) is 21.6. The van der Waals surface area contributed by atoms with Gasteiger partial charge in [-0.15, -0.1) is 6.58 Å². The Kier molecular flexibility index (Phi) is 13.2. The fourth-order valence-corrected chi connectivity index (χ4v) is 5.36. The van der Waals surface area contributed by atoms with Crippen LogP contribution in [0.3, 0.4) is 0 Å². The van der Waals surface area contributed by atoms with Gasteiger partial charge in [-0.25, -0.2) is 0 Å². The van der Waals surface area contributed by atoms with Crippen molar-refractivity contribution in [3.63, 3.8) is 0 Å². The molecule has 1 heteroatoms. The molecule has 32 heavy (non-hydrogen) atoms. The van der Waals surface area contributed by atoms with Gasteiger partial charge < -0.3 is 0 Å². The van der Waals surface area contributed by atoms with Crippen LogP contribution >= 0.6 is 12.2 Å². The molecule has 2 saturated carbocycles. The van der Waals surface area contributed by atoms with E-state index in [1.54, 1.807) is 31.1 Å². The lowest BCUT2D eigenvalue weighted by Crippen LogP contribution is -2.22. The number of hydrogen-bond donors (Lipinski definition) is 0. The SMILES string of the molecule is C1CCC2CCCCC2C1.C=C(C)CCCC(c1ccccc1)c1ccccc1.CC=S. The number of benzene rings is 2. The highest BCUT2D eigenvalue weighted by Gasteiger charge is 2.26. The van der Waals surface area contributed by atoms with Crippen molar-refractivity contribution in [1.82, 2.24) is 0 Å². The predicted octanol–water partition coefficient (Wildman–Crippen LogP) is 9.94. The minimum atomic E-state index is 0.502. The van der Waals surface area contributed by atoms with Gasteiger partial charge in [0.2, 0.25) is 0 Å². The summed E-state index contributed by atoms with van der Waals surface area (Å²) in [4.78, 5) is 0. The molecule has 2 fully saturated rings. The van der Waals surface area contributed by atoms with E-state index in [-0.39, 0.29) is 0 Å². The molecule has 2 aromatic carbocycles. The molecule has 0 unspecified atom stereocenters. The maximum Gasteiger partial charge on any atom is 0.00894 e. The Hall–Kier alpha value is -1.73. The van der Waals surface area contributed by atoms with Crippen molar-refractivity contribution in [2.24, 2.45) is 11.8 Å². The fourth-order valence-electron chi connectivity index (χ4n) is 5.36. The zero-order valence-corrected chi connectivity index (χ0v) is 21.3. The summed E-state index contributed by atoms with van der Waals surface area (Å²) in [6.45, 7) is 7.92. The van der Waals surface area contributed by atoms with Gasteiger partial charge in [-0.1, -0.05) is 130 Å². The molecule has 0 nitrogen and oxygen atoms in total. The van der Waals surface area contributed by atoms with Crippen LogP contribution in [0.4, 0.5) is 0 Å². The first kappa shape index (κ1) is 26.5. The normalized spacial score (nSPS) is 19.5. The lowest BCUT2D eigenvalue weighted by molar-refractivity contribution is 0.171. The molecule has 0 aromatic heterocycles. The van der Waals surface area contributed by atoms with E-state index in [0.29, 0.717) is 5.92 Å². The lowest BCUT2D eigenvalue weighted by Gasteiger charge is -2.35. The molecule has 0 bridgehead atoms. The van der Waals surface area contributed by atoms with Gasteiger partial charge in [-0.2, -0.15) is 0 Å². The Balaban J connectivity index is 0.000000232. The van der Waals surface area contributed by atoms with Gasteiger partial charge in [0.05, 0.1) is 0 Å². The van der Waals surface area contributed by atoms with Crippen LogP contribution in [0.15, 0.2) is 72.8 Å². The first-order valence-corrected chi connectivity index (χ1v) is 13.3. The average Bonchev–Trinajstić information content (AvgIpc) is 2.84. The zero-order valence-electron chi connectivity index (χ0n) is 20.5. The smallest absolute Gasteiger partial charge is 0.00894 e. The molecule has 4 rings (SSSR count). The van der Waals surface area contributed by atoms with Gasteiger partial charge in [0.1, 0.15) is 0 Å². The van der Waals surface area contributed by atoms with Gasteiger partial charge in [0.15, 0.2) is 0 Å². The van der Waals surface area contributed by atoms with Gasteiger partial charge in [0, 0.05) is 5.92 Å². The summed E-state index contributed by atoms with van der Waals surface area (Å²) >= 11 is 4.27. The second-order valence-corrected chi connectivity index (χ2v) is 10.0. The summed E-state index contributed by atoms with van der Waals surface area (Å²) in [5.41, 5.74) is 4.10. The maximum atomic E-state index is 4.27. The largest absolute Gasteiger partial charge is 0.100 e. The fraction of sp³-hybridized carbons (Fsp3) is 0.516. The van der Waals surface area contributed by atoms with Crippen molar-refractivity contribution in [3.8, 4) is 0 Å². The van der Waals surface area contributed by atoms with E-state index >= 15 is 0 Å². The molecule has 0 saturated heterocycles. The first-order valence-electron chi connectivity index (χ1n) is 12.8. The van der Waals surface area contributed by atoms with Crippen molar-refractivity contribution in [2.45, 2.75) is 90.4 Å². The van der Waals surface area contributed by atoms with E-state index in [9.17, 15) is 0 Å². The van der Waals surface area contributed by atoms with Gasteiger partial charge >= 0.3 is 0 Å². The average molecular weight is 449 g/mol. The van der Waals surface area contributed by atoms with Crippen molar-refractivity contribution >= 4 is 17.6 Å². The van der Waals surface area contributed by atoms with Gasteiger partial charge in [0.25, 0.3) is 0 Å². The van der Waals surface area contributed by atoms with Crippen molar-refractivity contribution in [2.75, 3.05) is 0 Å². The van der Waals surface area contributed by atoms with E-state index in [1.807, 2.05) is 6.92 Å². The predicted molar refractivity (Wildman–Crippen MR) is 147 cm³/mol. The van der Waals surface area contributed by atoms with E-state index in [1.165, 1.54) is 55.2 Å². The van der Waals surface area contributed by atoms with Gasteiger partial charge in [-0.05, 0) is 61.4 Å².